The van der Waals surface area contributed by atoms with Gasteiger partial charge in [-0.05, 0) is 39.4 Å². The third-order valence-corrected chi connectivity index (χ3v) is 2.92. The number of likely N-dealkylation sites (tertiary alicyclic amines) is 1. The Hall–Kier alpha value is -0.280. The molecule has 0 spiro atoms. The molecule has 0 saturated carbocycles. The van der Waals surface area contributed by atoms with E-state index >= 15 is 0 Å². The number of rotatable bonds is 2. The molecule has 13 heavy (non-hydrogen) atoms. The second-order valence-electron chi connectivity index (χ2n) is 3.80. The van der Waals surface area contributed by atoms with Crippen molar-refractivity contribution in [3.63, 3.8) is 0 Å². The van der Waals surface area contributed by atoms with Gasteiger partial charge < -0.3 is 10.0 Å². The van der Waals surface area contributed by atoms with Gasteiger partial charge in [0.05, 0.1) is 5.41 Å². The summed E-state index contributed by atoms with van der Waals surface area (Å²) in [6.07, 6.45) is 1.58. The predicted octanol–water partition coefficient (Wildman–Crippen LogP) is 1.61. The lowest BCUT2D eigenvalue weighted by molar-refractivity contribution is -0.150. The summed E-state index contributed by atoms with van der Waals surface area (Å²) in [5.41, 5.74) is -0.467. The molecular weight excluding hydrogens is 190 g/mol. The first-order chi connectivity index (χ1) is 5.58. The van der Waals surface area contributed by atoms with Crippen LogP contribution in [0.5, 0.6) is 0 Å². The maximum Gasteiger partial charge on any atom is 0.309 e. The number of hydrogen-bond acceptors (Lipinski definition) is 2. The zero-order valence-corrected chi connectivity index (χ0v) is 9.06. The molecule has 0 amide bonds. The fourth-order valence-corrected chi connectivity index (χ4v) is 1.58. The molecule has 0 aromatic carbocycles. The van der Waals surface area contributed by atoms with E-state index in [4.69, 9.17) is 5.11 Å². The van der Waals surface area contributed by atoms with Crippen LogP contribution in [0.2, 0.25) is 0 Å². The van der Waals surface area contributed by atoms with Crippen LogP contribution in [0.4, 0.5) is 0 Å². The Morgan fingerprint density at radius 2 is 1.92 bits per heavy atom. The SMILES string of the molecule is CCN1CCC(C)(C(=O)O)CC1.Cl. The maximum absolute atomic E-state index is 10.9. The number of halogens is 1. The number of piperidine rings is 1. The molecule has 0 atom stereocenters. The number of hydrogen-bond donors (Lipinski definition) is 1. The molecule has 1 saturated heterocycles. The molecule has 0 bridgehead atoms. The first-order valence-corrected chi connectivity index (χ1v) is 4.54. The second-order valence-corrected chi connectivity index (χ2v) is 3.80. The highest BCUT2D eigenvalue weighted by Gasteiger charge is 2.36. The molecule has 4 heteroatoms. The van der Waals surface area contributed by atoms with E-state index in [1.807, 2.05) is 6.92 Å². The predicted molar refractivity (Wildman–Crippen MR) is 54.3 cm³/mol. The molecule has 1 N–H and O–H groups in total. The van der Waals surface area contributed by atoms with E-state index in [1.54, 1.807) is 0 Å². The lowest BCUT2D eigenvalue weighted by Gasteiger charge is -2.35. The summed E-state index contributed by atoms with van der Waals surface area (Å²) in [5.74, 6) is -0.641. The maximum atomic E-state index is 10.9. The van der Waals surface area contributed by atoms with Crippen molar-refractivity contribution in [1.29, 1.82) is 0 Å². The quantitative estimate of drug-likeness (QED) is 0.748. The topological polar surface area (TPSA) is 40.5 Å². The van der Waals surface area contributed by atoms with Crippen LogP contribution in [-0.2, 0) is 4.79 Å². The largest absolute Gasteiger partial charge is 0.481 e. The smallest absolute Gasteiger partial charge is 0.309 e. The Morgan fingerprint density at radius 1 is 1.46 bits per heavy atom. The molecule has 0 aromatic rings. The summed E-state index contributed by atoms with van der Waals surface area (Å²) in [6.45, 7) is 6.86. The Kier molecular flexibility index (Phi) is 4.71. The van der Waals surface area contributed by atoms with Gasteiger partial charge in [-0.1, -0.05) is 6.92 Å². The number of nitrogens with zero attached hydrogens (tertiary/aromatic N) is 1. The highest BCUT2D eigenvalue weighted by molar-refractivity contribution is 5.85. The highest BCUT2D eigenvalue weighted by atomic mass is 35.5. The highest BCUT2D eigenvalue weighted by Crippen LogP contribution is 2.30. The van der Waals surface area contributed by atoms with Crippen molar-refractivity contribution in [2.75, 3.05) is 19.6 Å². The molecule has 3 nitrogen and oxygen atoms in total. The van der Waals surface area contributed by atoms with E-state index in [1.165, 1.54) is 0 Å². The van der Waals surface area contributed by atoms with Crippen molar-refractivity contribution in [3.05, 3.63) is 0 Å². The van der Waals surface area contributed by atoms with Crippen molar-refractivity contribution >= 4 is 18.4 Å². The minimum absolute atomic E-state index is 0. The standard InChI is InChI=1S/C9H17NO2.ClH/c1-3-10-6-4-9(2,5-7-10)8(11)12;/h3-7H2,1-2H3,(H,11,12);1H. The molecule has 1 aliphatic rings. The van der Waals surface area contributed by atoms with E-state index in [9.17, 15) is 4.79 Å². The zero-order valence-electron chi connectivity index (χ0n) is 8.25. The average Bonchev–Trinajstić information content (AvgIpc) is 2.06. The molecule has 0 aliphatic carbocycles. The van der Waals surface area contributed by atoms with Crippen LogP contribution >= 0.6 is 12.4 Å². The van der Waals surface area contributed by atoms with Gasteiger partial charge in [-0.15, -0.1) is 12.4 Å². The minimum atomic E-state index is -0.641. The van der Waals surface area contributed by atoms with E-state index in [2.05, 4.69) is 11.8 Å². The third kappa shape index (κ3) is 2.85. The summed E-state index contributed by atoms with van der Waals surface area (Å²) in [4.78, 5) is 13.1. The van der Waals surface area contributed by atoms with Gasteiger partial charge in [0.25, 0.3) is 0 Å². The molecule has 1 fully saturated rings. The number of carboxylic acids is 1. The van der Waals surface area contributed by atoms with Crippen molar-refractivity contribution < 1.29 is 9.90 Å². The number of carbonyl (C=O) groups is 1. The Labute approximate surface area is 85.5 Å². The summed E-state index contributed by atoms with van der Waals surface area (Å²) < 4.78 is 0. The van der Waals surface area contributed by atoms with Crippen LogP contribution in [-0.4, -0.2) is 35.6 Å². The number of carboxylic acid groups (broad SMARTS) is 1. The molecule has 0 aromatic heterocycles. The molecule has 78 valence electrons. The van der Waals surface area contributed by atoms with Crippen LogP contribution < -0.4 is 0 Å². The fraction of sp³-hybridized carbons (Fsp3) is 0.889. The van der Waals surface area contributed by atoms with Gasteiger partial charge in [0.15, 0.2) is 0 Å². The molecule has 0 radical (unpaired) electrons. The summed E-state index contributed by atoms with van der Waals surface area (Å²) >= 11 is 0. The zero-order chi connectivity index (χ0) is 9.19. The van der Waals surface area contributed by atoms with Gasteiger partial charge in [0.1, 0.15) is 0 Å². The summed E-state index contributed by atoms with van der Waals surface area (Å²) in [7, 11) is 0. The van der Waals surface area contributed by atoms with Crippen molar-refractivity contribution in [2.45, 2.75) is 26.7 Å². The molecule has 1 heterocycles. The third-order valence-electron chi connectivity index (χ3n) is 2.92. The summed E-state index contributed by atoms with van der Waals surface area (Å²) in [6, 6.07) is 0. The Balaban J connectivity index is 0.00000144. The lowest BCUT2D eigenvalue weighted by atomic mass is 9.80. The lowest BCUT2D eigenvalue weighted by Crippen LogP contribution is -2.42. The molecule has 0 unspecified atom stereocenters. The van der Waals surface area contributed by atoms with Gasteiger partial charge in [-0.3, -0.25) is 4.79 Å². The molecule has 1 rings (SSSR count). The molecule has 1 aliphatic heterocycles. The van der Waals surface area contributed by atoms with E-state index in [-0.39, 0.29) is 12.4 Å². The van der Waals surface area contributed by atoms with Crippen LogP contribution in [0, 0.1) is 5.41 Å². The van der Waals surface area contributed by atoms with Gasteiger partial charge in [-0.2, -0.15) is 0 Å². The van der Waals surface area contributed by atoms with Gasteiger partial charge in [0.2, 0.25) is 0 Å². The van der Waals surface area contributed by atoms with Gasteiger partial charge >= 0.3 is 5.97 Å². The van der Waals surface area contributed by atoms with Crippen molar-refractivity contribution in [1.82, 2.24) is 4.90 Å². The van der Waals surface area contributed by atoms with Gasteiger partial charge in [0, 0.05) is 0 Å². The normalized spacial score (nSPS) is 22.0. The van der Waals surface area contributed by atoms with Crippen LogP contribution in [0.3, 0.4) is 0 Å². The first-order valence-electron chi connectivity index (χ1n) is 4.54. The van der Waals surface area contributed by atoms with Crippen LogP contribution in [0.25, 0.3) is 0 Å². The second kappa shape index (κ2) is 4.82. The average molecular weight is 208 g/mol. The van der Waals surface area contributed by atoms with E-state index in [0.29, 0.717) is 0 Å². The van der Waals surface area contributed by atoms with Crippen LogP contribution in [0.1, 0.15) is 26.7 Å². The van der Waals surface area contributed by atoms with Crippen molar-refractivity contribution in [2.24, 2.45) is 5.41 Å². The fourth-order valence-electron chi connectivity index (χ4n) is 1.58. The summed E-state index contributed by atoms with van der Waals surface area (Å²) in [5, 5.41) is 8.94. The Morgan fingerprint density at radius 3 is 2.23 bits per heavy atom. The van der Waals surface area contributed by atoms with Crippen LogP contribution in [0.15, 0.2) is 0 Å². The van der Waals surface area contributed by atoms with E-state index in [0.717, 1.165) is 32.5 Å². The minimum Gasteiger partial charge on any atom is -0.481 e. The van der Waals surface area contributed by atoms with Gasteiger partial charge in [-0.25, -0.2) is 0 Å². The first kappa shape index (κ1) is 12.7. The van der Waals surface area contributed by atoms with E-state index < -0.39 is 11.4 Å². The Bertz CT molecular complexity index is 176. The monoisotopic (exact) mass is 207 g/mol. The number of aliphatic carboxylic acids is 1. The van der Waals surface area contributed by atoms with Crippen molar-refractivity contribution in [3.8, 4) is 0 Å². The molecular formula is C9H18ClNO2.